The lowest BCUT2D eigenvalue weighted by Crippen LogP contribution is -2.40. The highest BCUT2D eigenvalue weighted by Gasteiger charge is 2.40. The van der Waals surface area contributed by atoms with Crippen LogP contribution in [0.15, 0.2) is 11.6 Å². The highest BCUT2D eigenvalue weighted by atomic mass is 16.6. The molecule has 0 spiro atoms. The number of ether oxygens (including phenoxy) is 1. The molecule has 0 unspecified atom stereocenters. The van der Waals surface area contributed by atoms with Crippen molar-refractivity contribution >= 4 is 12.0 Å². The van der Waals surface area contributed by atoms with Gasteiger partial charge in [-0.3, -0.25) is 4.79 Å². The standard InChI is InChI=1S/C18H30N2O3/c1-12(2)8-16(21)19-15-7-6-13-10-20(11-14(13)9-15)17(22)23-18(3,4)5/h8,13-15H,6-7,9-11H2,1-5H3,(H,19,21)/t13-,14-,15-/m1/s1. The van der Waals surface area contributed by atoms with Crippen molar-refractivity contribution in [1.82, 2.24) is 10.2 Å². The zero-order chi connectivity index (χ0) is 17.2. The molecule has 1 aliphatic carbocycles. The van der Waals surface area contributed by atoms with Crippen LogP contribution < -0.4 is 5.32 Å². The van der Waals surface area contributed by atoms with E-state index in [1.165, 1.54) is 0 Å². The van der Waals surface area contributed by atoms with Crippen LogP contribution in [-0.4, -0.2) is 41.6 Å². The molecule has 2 aliphatic rings. The second-order valence-corrected chi connectivity index (χ2v) is 8.15. The first-order valence-electron chi connectivity index (χ1n) is 8.57. The van der Waals surface area contributed by atoms with Gasteiger partial charge in [-0.05, 0) is 65.7 Å². The summed E-state index contributed by atoms with van der Waals surface area (Å²) in [7, 11) is 0. The lowest BCUT2D eigenvalue weighted by atomic mass is 9.79. The summed E-state index contributed by atoms with van der Waals surface area (Å²) >= 11 is 0. The maximum Gasteiger partial charge on any atom is 0.410 e. The average molecular weight is 322 g/mol. The summed E-state index contributed by atoms with van der Waals surface area (Å²) in [5.74, 6) is 1.00. The molecule has 0 aromatic rings. The molecule has 1 aliphatic heterocycles. The minimum Gasteiger partial charge on any atom is -0.444 e. The molecule has 2 rings (SSSR count). The number of allylic oxidation sites excluding steroid dienone is 1. The minimum atomic E-state index is -0.453. The predicted molar refractivity (Wildman–Crippen MR) is 90.0 cm³/mol. The second-order valence-electron chi connectivity index (χ2n) is 8.15. The Bertz CT molecular complexity index is 489. The van der Waals surface area contributed by atoms with Gasteiger partial charge in [0, 0.05) is 25.2 Å². The van der Waals surface area contributed by atoms with Crippen LogP contribution in [0.3, 0.4) is 0 Å². The number of nitrogens with zero attached hydrogens (tertiary/aromatic N) is 1. The molecule has 3 atom stereocenters. The Morgan fingerprint density at radius 1 is 1.13 bits per heavy atom. The van der Waals surface area contributed by atoms with Crippen molar-refractivity contribution in [3.8, 4) is 0 Å². The van der Waals surface area contributed by atoms with E-state index in [2.05, 4.69) is 5.32 Å². The molecule has 5 heteroatoms. The Morgan fingerprint density at radius 2 is 1.78 bits per heavy atom. The zero-order valence-electron chi connectivity index (χ0n) is 15.0. The van der Waals surface area contributed by atoms with Crippen molar-refractivity contribution < 1.29 is 14.3 Å². The van der Waals surface area contributed by atoms with Gasteiger partial charge < -0.3 is 15.0 Å². The van der Waals surface area contributed by atoms with E-state index in [0.29, 0.717) is 11.8 Å². The maximum atomic E-state index is 12.2. The molecule has 1 saturated heterocycles. The molecule has 1 saturated carbocycles. The maximum absolute atomic E-state index is 12.2. The summed E-state index contributed by atoms with van der Waals surface area (Å²) in [5, 5.41) is 3.10. The fraction of sp³-hybridized carbons (Fsp3) is 0.778. The number of hydrogen-bond donors (Lipinski definition) is 1. The Labute approximate surface area is 139 Å². The molecule has 0 bridgehead atoms. The number of amides is 2. The highest BCUT2D eigenvalue weighted by Crippen LogP contribution is 2.36. The van der Waals surface area contributed by atoms with Crippen LogP contribution in [0.25, 0.3) is 0 Å². The van der Waals surface area contributed by atoms with Crippen molar-refractivity contribution in [3.63, 3.8) is 0 Å². The summed E-state index contributed by atoms with van der Waals surface area (Å²) in [6.07, 6.45) is 4.44. The summed E-state index contributed by atoms with van der Waals surface area (Å²) in [6, 6.07) is 0.220. The molecule has 5 nitrogen and oxygen atoms in total. The van der Waals surface area contributed by atoms with E-state index in [1.54, 1.807) is 6.08 Å². The lowest BCUT2D eigenvalue weighted by Gasteiger charge is -2.31. The first-order valence-corrected chi connectivity index (χ1v) is 8.57. The second kappa shape index (κ2) is 6.93. The Balaban J connectivity index is 1.87. The number of fused-ring (bicyclic) bond motifs is 1. The van der Waals surface area contributed by atoms with Gasteiger partial charge >= 0.3 is 6.09 Å². The Morgan fingerprint density at radius 3 is 2.39 bits per heavy atom. The van der Waals surface area contributed by atoms with Crippen LogP contribution in [0.1, 0.15) is 53.9 Å². The van der Waals surface area contributed by atoms with Gasteiger partial charge in [-0.1, -0.05) is 5.57 Å². The van der Waals surface area contributed by atoms with Gasteiger partial charge in [0.2, 0.25) is 5.91 Å². The van der Waals surface area contributed by atoms with Gasteiger partial charge in [-0.25, -0.2) is 4.79 Å². The van der Waals surface area contributed by atoms with Gasteiger partial charge in [-0.2, -0.15) is 0 Å². The van der Waals surface area contributed by atoms with Crippen molar-refractivity contribution in [3.05, 3.63) is 11.6 Å². The first kappa shape index (κ1) is 17.8. The topological polar surface area (TPSA) is 58.6 Å². The van der Waals surface area contributed by atoms with Crippen LogP contribution >= 0.6 is 0 Å². The van der Waals surface area contributed by atoms with E-state index in [4.69, 9.17) is 4.74 Å². The van der Waals surface area contributed by atoms with Crippen molar-refractivity contribution in [1.29, 1.82) is 0 Å². The van der Waals surface area contributed by atoms with Crippen LogP contribution in [-0.2, 0) is 9.53 Å². The number of likely N-dealkylation sites (tertiary alicyclic amines) is 1. The van der Waals surface area contributed by atoms with E-state index >= 15 is 0 Å². The Kier molecular flexibility index (Phi) is 5.37. The predicted octanol–water partition coefficient (Wildman–Crippen LogP) is 3.10. The third kappa shape index (κ3) is 5.26. The molecule has 23 heavy (non-hydrogen) atoms. The third-order valence-corrected chi connectivity index (χ3v) is 4.47. The third-order valence-electron chi connectivity index (χ3n) is 4.47. The molecular weight excluding hydrogens is 292 g/mol. The molecule has 1 N–H and O–H groups in total. The molecule has 0 radical (unpaired) electrons. The first-order chi connectivity index (χ1) is 10.6. The fourth-order valence-electron chi connectivity index (χ4n) is 3.54. The fourth-order valence-corrected chi connectivity index (χ4v) is 3.54. The molecule has 1 heterocycles. The lowest BCUT2D eigenvalue weighted by molar-refractivity contribution is -0.117. The van der Waals surface area contributed by atoms with Crippen molar-refractivity contribution in [2.75, 3.05) is 13.1 Å². The Hall–Kier alpha value is -1.52. The number of nitrogens with one attached hydrogen (secondary N) is 1. The molecule has 2 fully saturated rings. The normalized spacial score (nSPS) is 27.2. The van der Waals surface area contributed by atoms with Gasteiger partial charge in [0.15, 0.2) is 0 Å². The van der Waals surface area contributed by atoms with E-state index < -0.39 is 5.60 Å². The SMILES string of the molecule is CC(C)=CC(=O)N[C@@H]1CC[C@@H]2CN(C(=O)OC(C)(C)C)C[C@H]2C1. The zero-order valence-corrected chi connectivity index (χ0v) is 15.0. The molecule has 0 aromatic carbocycles. The van der Waals surface area contributed by atoms with Gasteiger partial charge in [0.1, 0.15) is 5.60 Å². The summed E-state index contributed by atoms with van der Waals surface area (Å²) in [4.78, 5) is 25.9. The quantitative estimate of drug-likeness (QED) is 0.795. The minimum absolute atomic E-state index is 0.00422. The smallest absolute Gasteiger partial charge is 0.410 e. The van der Waals surface area contributed by atoms with E-state index in [0.717, 1.165) is 37.9 Å². The monoisotopic (exact) mass is 322 g/mol. The molecular formula is C18H30N2O3. The van der Waals surface area contributed by atoms with Gasteiger partial charge in [-0.15, -0.1) is 0 Å². The summed E-state index contributed by atoms with van der Waals surface area (Å²) < 4.78 is 5.47. The number of rotatable bonds is 2. The van der Waals surface area contributed by atoms with Crippen molar-refractivity contribution in [2.24, 2.45) is 11.8 Å². The molecule has 0 aromatic heterocycles. The van der Waals surface area contributed by atoms with Crippen LogP contribution in [0.5, 0.6) is 0 Å². The average Bonchev–Trinajstić information content (AvgIpc) is 2.78. The highest BCUT2D eigenvalue weighted by molar-refractivity contribution is 5.88. The van der Waals surface area contributed by atoms with Crippen LogP contribution in [0.2, 0.25) is 0 Å². The molecule has 130 valence electrons. The summed E-state index contributed by atoms with van der Waals surface area (Å²) in [6.45, 7) is 11.1. The van der Waals surface area contributed by atoms with Crippen molar-refractivity contribution in [2.45, 2.75) is 65.5 Å². The van der Waals surface area contributed by atoms with E-state index in [9.17, 15) is 9.59 Å². The summed E-state index contributed by atoms with van der Waals surface area (Å²) in [5.41, 5.74) is 0.555. The number of carbonyl (C=O) groups excluding carboxylic acids is 2. The number of hydrogen-bond acceptors (Lipinski definition) is 3. The van der Waals surface area contributed by atoms with E-state index in [-0.39, 0.29) is 18.0 Å². The van der Waals surface area contributed by atoms with Crippen LogP contribution in [0.4, 0.5) is 4.79 Å². The number of carbonyl (C=O) groups is 2. The van der Waals surface area contributed by atoms with Gasteiger partial charge in [0.05, 0.1) is 0 Å². The van der Waals surface area contributed by atoms with E-state index in [1.807, 2.05) is 39.5 Å². The largest absolute Gasteiger partial charge is 0.444 e. The molecule has 2 amide bonds. The van der Waals surface area contributed by atoms with Gasteiger partial charge in [0.25, 0.3) is 0 Å². The van der Waals surface area contributed by atoms with Crippen LogP contribution in [0, 0.1) is 11.8 Å².